The molecule has 1 saturated heterocycles. The van der Waals surface area contributed by atoms with Crippen LogP contribution in [0.2, 0.25) is 0 Å². The van der Waals surface area contributed by atoms with E-state index in [9.17, 15) is 4.79 Å². The van der Waals surface area contributed by atoms with Gasteiger partial charge >= 0.3 is 0 Å². The van der Waals surface area contributed by atoms with Gasteiger partial charge in [0.1, 0.15) is 0 Å². The molecule has 0 bridgehead atoms. The van der Waals surface area contributed by atoms with Crippen molar-refractivity contribution in [2.45, 2.75) is 58.4 Å². The molecule has 4 heteroatoms. The first kappa shape index (κ1) is 15.8. The second kappa shape index (κ2) is 6.76. The number of hydrogen-bond acceptors (Lipinski definition) is 2. The highest BCUT2D eigenvalue weighted by Gasteiger charge is 2.35. The molecule has 2 N–H and O–H groups in total. The molecule has 3 nitrogen and oxygen atoms in total. The van der Waals surface area contributed by atoms with E-state index >= 15 is 0 Å². The fraction of sp³-hybridized carbons (Fsp3) is 0.929. The average molecular weight is 275 g/mol. The van der Waals surface area contributed by atoms with Crippen molar-refractivity contribution in [3.05, 3.63) is 0 Å². The summed E-state index contributed by atoms with van der Waals surface area (Å²) >= 11 is 0. The molecule has 1 atom stereocenters. The summed E-state index contributed by atoms with van der Waals surface area (Å²) in [6.45, 7) is 6.70. The number of hydrogen-bond donors (Lipinski definition) is 2. The van der Waals surface area contributed by atoms with Gasteiger partial charge in [-0.1, -0.05) is 20.3 Å². The Morgan fingerprint density at radius 1 is 1.28 bits per heavy atom. The van der Waals surface area contributed by atoms with E-state index in [4.69, 9.17) is 0 Å². The summed E-state index contributed by atoms with van der Waals surface area (Å²) in [6, 6.07) is 0.400. The maximum atomic E-state index is 12.0. The average Bonchev–Trinajstić information content (AvgIpc) is 2.59. The Labute approximate surface area is 117 Å². The third-order valence-electron chi connectivity index (χ3n) is 4.53. The summed E-state index contributed by atoms with van der Waals surface area (Å²) in [5, 5.41) is 6.60. The van der Waals surface area contributed by atoms with E-state index in [1.165, 1.54) is 12.8 Å². The Kier molecular flexibility index (Phi) is 5.93. The number of carbonyl (C=O) groups excluding carboxylic acids is 1. The van der Waals surface area contributed by atoms with Gasteiger partial charge < -0.3 is 10.6 Å². The molecule has 1 aliphatic heterocycles. The van der Waals surface area contributed by atoms with Crippen LogP contribution in [0.15, 0.2) is 0 Å². The van der Waals surface area contributed by atoms with Crippen molar-refractivity contribution >= 4 is 18.3 Å². The second-order valence-corrected chi connectivity index (χ2v) is 6.40. The maximum absolute atomic E-state index is 12.0. The van der Waals surface area contributed by atoms with Crippen LogP contribution in [0.25, 0.3) is 0 Å². The van der Waals surface area contributed by atoms with Crippen molar-refractivity contribution in [1.29, 1.82) is 0 Å². The second-order valence-electron chi connectivity index (χ2n) is 6.40. The predicted molar refractivity (Wildman–Crippen MR) is 77.0 cm³/mol. The molecule has 0 aromatic rings. The minimum absolute atomic E-state index is 0. The molecule has 1 saturated carbocycles. The number of piperidine rings is 1. The largest absolute Gasteiger partial charge is 0.353 e. The lowest BCUT2D eigenvalue weighted by molar-refractivity contribution is -0.123. The monoisotopic (exact) mass is 274 g/mol. The first-order chi connectivity index (χ1) is 8.08. The van der Waals surface area contributed by atoms with Gasteiger partial charge in [0, 0.05) is 12.5 Å². The summed E-state index contributed by atoms with van der Waals surface area (Å²) in [5.74, 6) is 0.873. The lowest BCUT2D eigenvalue weighted by Gasteiger charge is -2.29. The van der Waals surface area contributed by atoms with Crippen LogP contribution >= 0.6 is 12.4 Å². The highest BCUT2D eigenvalue weighted by Crippen LogP contribution is 2.37. The Morgan fingerprint density at radius 3 is 2.50 bits per heavy atom. The molecule has 0 aromatic heterocycles. The van der Waals surface area contributed by atoms with Crippen molar-refractivity contribution in [2.75, 3.05) is 13.1 Å². The minimum atomic E-state index is 0. The Morgan fingerprint density at radius 2 is 1.94 bits per heavy atom. The van der Waals surface area contributed by atoms with Crippen LogP contribution in [-0.4, -0.2) is 25.0 Å². The minimum Gasteiger partial charge on any atom is -0.353 e. The quantitative estimate of drug-likeness (QED) is 0.830. The summed E-state index contributed by atoms with van der Waals surface area (Å²) in [6.07, 6.45) is 6.69. The Balaban J connectivity index is 0.00000162. The highest BCUT2D eigenvalue weighted by molar-refractivity contribution is 5.85. The number of amides is 1. The number of nitrogens with one attached hydrogen (secondary N) is 2. The zero-order valence-corrected chi connectivity index (χ0v) is 12.4. The topological polar surface area (TPSA) is 41.1 Å². The number of carbonyl (C=O) groups is 1. The smallest absolute Gasteiger partial charge is 0.220 e. The molecule has 1 amide bonds. The van der Waals surface area contributed by atoms with Crippen LogP contribution in [0.4, 0.5) is 0 Å². The molecular formula is C14H27ClN2O. The van der Waals surface area contributed by atoms with E-state index in [2.05, 4.69) is 24.5 Å². The van der Waals surface area contributed by atoms with Gasteiger partial charge in [0.25, 0.3) is 0 Å². The van der Waals surface area contributed by atoms with E-state index < -0.39 is 0 Å². The fourth-order valence-corrected chi connectivity index (χ4v) is 3.20. The molecule has 1 heterocycles. The van der Waals surface area contributed by atoms with Gasteiger partial charge in [-0.3, -0.25) is 4.79 Å². The summed E-state index contributed by atoms with van der Waals surface area (Å²) in [4.78, 5) is 12.0. The summed E-state index contributed by atoms with van der Waals surface area (Å²) in [7, 11) is 0. The van der Waals surface area contributed by atoms with Crippen LogP contribution in [0.3, 0.4) is 0 Å². The molecule has 0 aromatic carbocycles. The van der Waals surface area contributed by atoms with Gasteiger partial charge in [-0.2, -0.15) is 0 Å². The molecule has 106 valence electrons. The van der Waals surface area contributed by atoms with Gasteiger partial charge in [-0.25, -0.2) is 0 Å². The van der Waals surface area contributed by atoms with Crippen LogP contribution < -0.4 is 10.6 Å². The zero-order valence-electron chi connectivity index (χ0n) is 11.6. The molecule has 0 radical (unpaired) electrons. The summed E-state index contributed by atoms with van der Waals surface area (Å²) < 4.78 is 0. The van der Waals surface area contributed by atoms with E-state index in [1.54, 1.807) is 0 Å². The summed E-state index contributed by atoms with van der Waals surface area (Å²) in [5.41, 5.74) is 0.295. The van der Waals surface area contributed by atoms with E-state index in [0.717, 1.165) is 38.8 Å². The van der Waals surface area contributed by atoms with Crippen molar-refractivity contribution in [3.63, 3.8) is 0 Å². The number of halogens is 1. The molecule has 2 aliphatic rings. The Hall–Kier alpha value is -0.280. The van der Waals surface area contributed by atoms with Gasteiger partial charge in [-0.05, 0) is 50.1 Å². The molecule has 2 fully saturated rings. The third kappa shape index (κ3) is 4.13. The molecule has 1 aliphatic carbocycles. The molecule has 0 spiro atoms. The van der Waals surface area contributed by atoms with Crippen molar-refractivity contribution in [2.24, 2.45) is 11.3 Å². The van der Waals surface area contributed by atoms with Gasteiger partial charge in [0.05, 0.1) is 0 Å². The normalized spacial score (nSPS) is 27.6. The zero-order chi connectivity index (χ0) is 12.3. The third-order valence-corrected chi connectivity index (χ3v) is 4.53. The van der Waals surface area contributed by atoms with Gasteiger partial charge in [0.15, 0.2) is 0 Å². The lowest BCUT2D eigenvalue weighted by Crippen LogP contribution is -2.42. The van der Waals surface area contributed by atoms with Crippen LogP contribution in [0.5, 0.6) is 0 Å². The Bertz CT molecular complexity index is 275. The number of rotatable bonds is 3. The molecular weight excluding hydrogens is 248 g/mol. The van der Waals surface area contributed by atoms with Crippen molar-refractivity contribution < 1.29 is 4.79 Å². The fourth-order valence-electron chi connectivity index (χ4n) is 3.20. The molecule has 18 heavy (non-hydrogen) atoms. The predicted octanol–water partition coefficient (Wildman–Crippen LogP) is 2.49. The standard InChI is InChI=1S/C14H26N2O.ClH/c1-14(2)7-3-4-12(14)16-13(17)10-11-5-8-15-9-6-11;/h11-12,15H,3-10H2,1-2H3,(H,16,17);1H. The van der Waals surface area contributed by atoms with E-state index in [-0.39, 0.29) is 18.3 Å². The highest BCUT2D eigenvalue weighted by atomic mass is 35.5. The van der Waals surface area contributed by atoms with Crippen molar-refractivity contribution in [3.8, 4) is 0 Å². The van der Waals surface area contributed by atoms with E-state index in [0.29, 0.717) is 17.4 Å². The molecule has 2 rings (SSSR count). The SMILES string of the molecule is CC1(C)CCCC1NC(=O)CC1CCNCC1.Cl. The first-order valence-corrected chi connectivity index (χ1v) is 7.08. The van der Waals surface area contributed by atoms with Crippen molar-refractivity contribution in [1.82, 2.24) is 10.6 Å². The van der Waals surface area contributed by atoms with Crippen LogP contribution in [-0.2, 0) is 4.79 Å². The molecule has 1 unspecified atom stereocenters. The van der Waals surface area contributed by atoms with Crippen LogP contribution in [0.1, 0.15) is 52.4 Å². The first-order valence-electron chi connectivity index (χ1n) is 7.08. The van der Waals surface area contributed by atoms with Crippen LogP contribution in [0, 0.1) is 11.3 Å². The lowest BCUT2D eigenvalue weighted by atomic mass is 9.87. The van der Waals surface area contributed by atoms with Gasteiger partial charge in [-0.15, -0.1) is 12.4 Å². The van der Waals surface area contributed by atoms with Gasteiger partial charge in [0.2, 0.25) is 5.91 Å². The maximum Gasteiger partial charge on any atom is 0.220 e. The van der Waals surface area contributed by atoms with E-state index in [1.807, 2.05) is 0 Å².